The van der Waals surface area contributed by atoms with Crippen LogP contribution in [0.25, 0.3) is 11.0 Å². The maximum absolute atomic E-state index is 5.23. The summed E-state index contributed by atoms with van der Waals surface area (Å²) in [5.41, 5.74) is 2.68. The lowest BCUT2D eigenvalue weighted by Gasteiger charge is -2.27. The van der Waals surface area contributed by atoms with Crippen LogP contribution in [0.5, 0.6) is 0 Å². The normalized spacial score (nSPS) is 11.9. The molecule has 4 aromatic carbocycles. The van der Waals surface area contributed by atoms with Gasteiger partial charge in [-0.1, -0.05) is 134 Å². The molecule has 0 radical (unpaired) electrons. The summed E-state index contributed by atoms with van der Waals surface area (Å²) in [6.07, 6.45) is 9.74. The number of hydrogen-bond donors (Lipinski definition) is 0. The van der Waals surface area contributed by atoms with Crippen molar-refractivity contribution in [2.75, 3.05) is 0 Å². The second-order valence-corrected chi connectivity index (χ2v) is 15.6. The van der Waals surface area contributed by atoms with Gasteiger partial charge < -0.3 is 0 Å². The van der Waals surface area contributed by atoms with E-state index in [2.05, 4.69) is 121 Å². The van der Waals surface area contributed by atoms with Crippen LogP contribution in [0.3, 0.4) is 0 Å². The third-order valence-electron chi connectivity index (χ3n) is 7.09. The fraction of sp³-hybridized carbons (Fsp3) is 0. The number of aromatic nitrogens is 2. The Balaban J connectivity index is 1.57. The van der Waals surface area contributed by atoms with Gasteiger partial charge >= 0.3 is 0 Å². The Bertz CT molecular complexity index is 1580. The Labute approximate surface area is 224 Å². The van der Waals surface area contributed by atoms with E-state index in [1.54, 1.807) is 0 Å². The van der Waals surface area contributed by atoms with E-state index in [0.29, 0.717) is 0 Å². The largest absolute Gasteiger partial charge is 0.228 e. The van der Waals surface area contributed by atoms with Crippen molar-refractivity contribution in [2.24, 2.45) is 0 Å². The van der Waals surface area contributed by atoms with E-state index in [1.165, 1.54) is 21.2 Å². The molecule has 0 aliphatic rings. The molecule has 2 heterocycles. The van der Waals surface area contributed by atoms with Gasteiger partial charge in [0.25, 0.3) is 0 Å². The minimum Gasteiger partial charge on any atom is -0.228 e. The van der Waals surface area contributed by atoms with Crippen LogP contribution in [-0.4, -0.2) is 22.6 Å². The first-order valence-electron chi connectivity index (χ1n) is 12.6. The highest BCUT2D eigenvalue weighted by molar-refractivity contribution is 7.93. The number of fused-ring (bicyclic) bond motifs is 1. The number of nitrogens with zero attached hydrogens (tertiary/aromatic N) is 2. The summed E-state index contributed by atoms with van der Waals surface area (Å²) in [5.74, 6) is 0. The molecule has 0 atom stereocenters. The predicted octanol–water partition coefficient (Wildman–Crippen LogP) is 5.08. The van der Waals surface area contributed by atoms with E-state index in [4.69, 9.17) is 22.6 Å². The Morgan fingerprint density at radius 2 is 0.658 bits per heavy atom. The van der Waals surface area contributed by atoms with Crippen molar-refractivity contribution in [2.45, 2.75) is 0 Å². The van der Waals surface area contributed by atoms with Gasteiger partial charge in [-0.3, -0.25) is 0 Å². The molecule has 0 spiro atoms. The maximum atomic E-state index is 5.23. The first kappa shape index (κ1) is 24.4. The summed E-state index contributed by atoms with van der Waals surface area (Å²) in [4.78, 5) is 10.5. The van der Waals surface area contributed by atoms with Gasteiger partial charge in [0.05, 0.1) is 10.9 Å². The second kappa shape index (κ2) is 10.1. The summed E-state index contributed by atoms with van der Waals surface area (Å²) in [6.45, 7) is -4.42. The summed E-state index contributed by atoms with van der Waals surface area (Å²) in [7, 11) is 0. The second-order valence-electron chi connectivity index (χ2n) is 9.35. The zero-order valence-corrected chi connectivity index (χ0v) is 22.8. The molecule has 6 rings (SSSR count). The molecule has 38 heavy (non-hydrogen) atoms. The first-order chi connectivity index (χ1) is 18.6. The van der Waals surface area contributed by atoms with Crippen LogP contribution >= 0.6 is 13.8 Å². The van der Waals surface area contributed by atoms with Crippen molar-refractivity contribution in [3.63, 3.8) is 0 Å². The Hall–Kier alpha value is -3.96. The molecular formula is C34H28N2P2. The highest BCUT2D eigenvalue weighted by Crippen LogP contribution is 2.43. The predicted molar refractivity (Wildman–Crippen MR) is 171 cm³/mol. The fourth-order valence-corrected chi connectivity index (χ4v) is 10.5. The molecule has 2 aromatic heterocycles. The van der Waals surface area contributed by atoms with Crippen molar-refractivity contribution in [1.82, 2.24) is 9.97 Å². The molecule has 4 heteroatoms. The number of pyridine rings is 2. The van der Waals surface area contributed by atoms with E-state index in [9.17, 15) is 0 Å². The van der Waals surface area contributed by atoms with E-state index < -0.39 is 13.8 Å². The summed E-state index contributed by atoms with van der Waals surface area (Å²) >= 11 is 0. The molecule has 0 bridgehead atoms. The van der Waals surface area contributed by atoms with Gasteiger partial charge in [-0.2, -0.15) is 0 Å². The standard InChI is InChI=1S/C34H28N2P2/c1-37(28-15-7-3-8-16-28,29-17-9-4-10-18-29)32-25-23-27-24-26-33(36-34(27)35-32)38(2,30-19-11-5-12-20-30)31-21-13-6-14-22-31/h3-26H,1-2H2. The van der Waals surface area contributed by atoms with Crippen LogP contribution < -0.4 is 32.1 Å². The van der Waals surface area contributed by atoms with Gasteiger partial charge in [-0.15, -0.1) is 0 Å². The van der Waals surface area contributed by atoms with E-state index >= 15 is 0 Å². The van der Waals surface area contributed by atoms with E-state index in [1.807, 2.05) is 24.3 Å². The van der Waals surface area contributed by atoms with Crippen LogP contribution in [0, 0.1) is 0 Å². The Kier molecular flexibility index (Phi) is 6.46. The SMILES string of the molecule is C=P(c1ccccc1)(c1ccccc1)c1ccc2ccc(P(=C)(c3ccccc3)c3ccccc3)nc2n1. The van der Waals surface area contributed by atoms with Gasteiger partial charge in [0.1, 0.15) is 0 Å². The van der Waals surface area contributed by atoms with Crippen molar-refractivity contribution in [3.05, 3.63) is 146 Å². The zero-order chi connectivity index (χ0) is 26.0. The lowest BCUT2D eigenvalue weighted by atomic mass is 10.3. The van der Waals surface area contributed by atoms with Gasteiger partial charge in [0.2, 0.25) is 0 Å². The number of hydrogen-bond acceptors (Lipinski definition) is 2. The van der Waals surface area contributed by atoms with Crippen molar-refractivity contribution in [1.29, 1.82) is 0 Å². The molecule has 0 fully saturated rings. The van der Waals surface area contributed by atoms with Crippen molar-refractivity contribution in [3.8, 4) is 0 Å². The Morgan fingerprint density at radius 1 is 0.368 bits per heavy atom. The number of benzene rings is 4. The highest BCUT2D eigenvalue weighted by atomic mass is 31.2. The molecule has 2 nitrogen and oxygen atoms in total. The van der Waals surface area contributed by atoms with Crippen LogP contribution in [0.4, 0.5) is 0 Å². The lowest BCUT2D eigenvalue weighted by Crippen LogP contribution is -2.29. The monoisotopic (exact) mass is 526 g/mol. The number of rotatable bonds is 6. The van der Waals surface area contributed by atoms with Crippen LogP contribution in [0.2, 0.25) is 0 Å². The maximum Gasteiger partial charge on any atom is 0.160 e. The van der Waals surface area contributed by atoms with Crippen molar-refractivity contribution >= 4 is 69.5 Å². The topological polar surface area (TPSA) is 25.8 Å². The minimum absolute atomic E-state index is 0.736. The lowest BCUT2D eigenvalue weighted by molar-refractivity contribution is 1.35. The fourth-order valence-electron chi connectivity index (χ4n) is 4.96. The average Bonchev–Trinajstić information content (AvgIpc) is 3.01. The molecule has 0 aliphatic heterocycles. The van der Waals surface area contributed by atoms with Crippen LogP contribution in [0.15, 0.2) is 146 Å². The smallest absolute Gasteiger partial charge is 0.160 e. The molecular weight excluding hydrogens is 498 g/mol. The third-order valence-corrected chi connectivity index (χ3v) is 13.9. The van der Waals surface area contributed by atoms with Gasteiger partial charge in [0.15, 0.2) is 5.65 Å². The van der Waals surface area contributed by atoms with Gasteiger partial charge in [0, 0.05) is 5.39 Å². The van der Waals surface area contributed by atoms with Gasteiger partial charge in [-0.25, -0.2) is 9.97 Å². The summed E-state index contributed by atoms with van der Waals surface area (Å²) in [5, 5.41) is 5.80. The van der Waals surface area contributed by atoms with Crippen LogP contribution in [0.1, 0.15) is 0 Å². The Morgan fingerprint density at radius 3 is 0.947 bits per heavy atom. The molecule has 0 saturated carbocycles. The zero-order valence-electron chi connectivity index (χ0n) is 21.1. The van der Waals surface area contributed by atoms with E-state index in [-0.39, 0.29) is 0 Å². The molecule has 184 valence electrons. The molecule has 0 unspecified atom stereocenters. The first-order valence-corrected chi connectivity index (χ1v) is 16.5. The average molecular weight is 527 g/mol. The molecule has 0 saturated heterocycles. The van der Waals surface area contributed by atoms with Crippen LogP contribution in [-0.2, 0) is 0 Å². The highest BCUT2D eigenvalue weighted by Gasteiger charge is 2.26. The van der Waals surface area contributed by atoms with E-state index in [0.717, 1.165) is 21.9 Å². The molecule has 0 amide bonds. The third kappa shape index (κ3) is 4.17. The summed E-state index contributed by atoms with van der Waals surface area (Å²) < 4.78 is 0. The quantitative estimate of drug-likeness (QED) is 0.283. The molecule has 6 aromatic rings. The van der Waals surface area contributed by atoms with Crippen molar-refractivity contribution < 1.29 is 0 Å². The summed E-state index contributed by atoms with van der Waals surface area (Å²) in [6, 6.07) is 50.7. The van der Waals surface area contributed by atoms with Gasteiger partial charge in [-0.05, 0) is 59.3 Å². The minimum atomic E-state index is -2.21. The molecule has 0 aliphatic carbocycles. The molecule has 0 N–H and O–H groups in total.